The van der Waals surface area contributed by atoms with Gasteiger partial charge in [0, 0.05) is 12.2 Å². The van der Waals surface area contributed by atoms with E-state index in [4.69, 9.17) is 0 Å². The first-order chi connectivity index (χ1) is 13.4. The summed E-state index contributed by atoms with van der Waals surface area (Å²) < 4.78 is 110. The first-order valence-corrected chi connectivity index (χ1v) is 8.75. The first kappa shape index (κ1) is 27.1. The third kappa shape index (κ3) is 8.99. The number of rotatable bonds is 14. The SMILES string of the molecule is CCCCCCCCOC(=O)C=CC(=O)OC(F)C(F)(F)C(F)(F)C(F)C(F)F. The maximum absolute atomic E-state index is 13.2. The maximum atomic E-state index is 13.2. The molecule has 0 rings (SSSR count). The molecule has 29 heavy (non-hydrogen) atoms. The number of ether oxygens (including phenoxy) is 2. The summed E-state index contributed by atoms with van der Waals surface area (Å²) in [4.78, 5) is 22.4. The molecular weight excluding hydrogens is 420 g/mol. The van der Waals surface area contributed by atoms with Crippen LogP contribution in [-0.4, -0.2) is 49.3 Å². The number of unbranched alkanes of at least 4 members (excludes halogenated alkanes) is 5. The summed E-state index contributed by atoms with van der Waals surface area (Å²) in [6.45, 7) is 2.03. The monoisotopic (exact) mass is 442 g/mol. The van der Waals surface area contributed by atoms with E-state index in [9.17, 15) is 44.7 Å². The summed E-state index contributed by atoms with van der Waals surface area (Å²) in [5, 5.41) is 0. The maximum Gasteiger partial charge on any atom is 0.378 e. The summed E-state index contributed by atoms with van der Waals surface area (Å²) >= 11 is 0. The van der Waals surface area contributed by atoms with Gasteiger partial charge in [-0.05, 0) is 6.42 Å². The first-order valence-electron chi connectivity index (χ1n) is 8.75. The molecule has 4 nitrogen and oxygen atoms in total. The molecule has 0 radical (unpaired) electrons. The molecule has 0 aromatic carbocycles. The predicted octanol–water partition coefficient (Wildman–Crippen LogP) is 5.16. The second-order valence-corrected chi connectivity index (χ2v) is 6.00. The molecule has 2 unspecified atom stereocenters. The fourth-order valence-electron chi connectivity index (χ4n) is 1.95. The van der Waals surface area contributed by atoms with Gasteiger partial charge in [0.1, 0.15) is 0 Å². The van der Waals surface area contributed by atoms with Gasteiger partial charge in [0.25, 0.3) is 6.43 Å². The number of carbonyl (C=O) groups is 2. The normalized spacial score (nSPS) is 14.8. The molecule has 170 valence electrons. The van der Waals surface area contributed by atoms with Crippen LogP contribution in [0.2, 0.25) is 0 Å². The van der Waals surface area contributed by atoms with E-state index in [1.165, 1.54) is 0 Å². The van der Waals surface area contributed by atoms with Gasteiger partial charge in [-0.25, -0.2) is 22.8 Å². The Balaban J connectivity index is 4.48. The van der Waals surface area contributed by atoms with Crippen molar-refractivity contribution in [1.29, 1.82) is 0 Å². The third-order valence-electron chi connectivity index (χ3n) is 3.61. The molecule has 0 bridgehead atoms. The highest BCUT2D eigenvalue weighted by atomic mass is 19.3. The fourth-order valence-corrected chi connectivity index (χ4v) is 1.95. The van der Waals surface area contributed by atoms with Gasteiger partial charge in [-0.2, -0.15) is 22.0 Å². The topological polar surface area (TPSA) is 52.6 Å². The lowest BCUT2D eigenvalue weighted by atomic mass is 10.1. The largest absolute Gasteiger partial charge is 0.463 e. The average molecular weight is 442 g/mol. The number of hydrogen-bond donors (Lipinski definition) is 0. The molecule has 12 heteroatoms. The minimum absolute atomic E-state index is 0.00804. The van der Waals surface area contributed by atoms with Crippen molar-refractivity contribution in [3.05, 3.63) is 12.2 Å². The Bertz CT molecular complexity index is 540. The van der Waals surface area contributed by atoms with Crippen molar-refractivity contribution in [3.63, 3.8) is 0 Å². The van der Waals surface area contributed by atoms with Gasteiger partial charge < -0.3 is 9.47 Å². The Morgan fingerprint density at radius 1 is 0.828 bits per heavy atom. The summed E-state index contributed by atoms with van der Waals surface area (Å²) in [6, 6.07) is 0. The Kier molecular flexibility index (Phi) is 11.8. The van der Waals surface area contributed by atoms with E-state index in [0.717, 1.165) is 32.1 Å². The highest BCUT2D eigenvalue weighted by Gasteiger charge is 2.70. The molecule has 0 fully saturated rings. The van der Waals surface area contributed by atoms with Crippen LogP contribution in [0.15, 0.2) is 12.2 Å². The molecule has 0 aliphatic carbocycles. The second-order valence-electron chi connectivity index (χ2n) is 6.00. The minimum Gasteiger partial charge on any atom is -0.463 e. The number of halogens is 8. The summed E-state index contributed by atoms with van der Waals surface area (Å²) in [5.74, 6) is -15.3. The van der Waals surface area contributed by atoms with E-state index in [0.29, 0.717) is 12.5 Å². The van der Waals surface area contributed by atoms with Crippen LogP contribution in [0.3, 0.4) is 0 Å². The standard InChI is InChI=1S/C17H22F8O4/c1-2-3-4-5-6-7-10-28-11(26)8-9-12(27)29-15(21)17(24,25)16(22,23)13(18)14(19)20/h8-9,13-15H,2-7,10H2,1H3. The van der Waals surface area contributed by atoms with Gasteiger partial charge in [0.2, 0.25) is 6.17 Å². The highest BCUT2D eigenvalue weighted by molar-refractivity contribution is 5.91. The summed E-state index contributed by atoms with van der Waals surface area (Å²) in [5.41, 5.74) is 0. The lowest BCUT2D eigenvalue weighted by molar-refractivity contribution is -0.312. The molecule has 0 aliphatic rings. The van der Waals surface area contributed by atoms with E-state index < -0.39 is 42.7 Å². The van der Waals surface area contributed by atoms with Crippen molar-refractivity contribution < 1.29 is 54.2 Å². The minimum atomic E-state index is -6.15. The van der Waals surface area contributed by atoms with Crippen LogP contribution in [0.5, 0.6) is 0 Å². The zero-order valence-corrected chi connectivity index (χ0v) is 15.5. The van der Waals surface area contributed by atoms with Crippen molar-refractivity contribution in [1.82, 2.24) is 0 Å². The third-order valence-corrected chi connectivity index (χ3v) is 3.61. The Morgan fingerprint density at radius 2 is 1.34 bits per heavy atom. The van der Waals surface area contributed by atoms with Gasteiger partial charge >= 0.3 is 30.1 Å². The van der Waals surface area contributed by atoms with Crippen molar-refractivity contribution in [2.24, 2.45) is 0 Å². The molecule has 2 atom stereocenters. The molecule has 0 aromatic heterocycles. The lowest BCUT2D eigenvalue weighted by Gasteiger charge is -2.30. The van der Waals surface area contributed by atoms with E-state index >= 15 is 0 Å². The molecule has 0 amide bonds. The van der Waals surface area contributed by atoms with Crippen LogP contribution in [0.25, 0.3) is 0 Å². The molecule has 0 heterocycles. The number of alkyl halides is 8. The van der Waals surface area contributed by atoms with Crippen LogP contribution >= 0.6 is 0 Å². The van der Waals surface area contributed by atoms with Crippen LogP contribution in [0.4, 0.5) is 35.1 Å². The van der Waals surface area contributed by atoms with E-state index in [-0.39, 0.29) is 12.7 Å². The van der Waals surface area contributed by atoms with Gasteiger partial charge in [-0.1, -0.05) is 39.0 Å². The summed E-state index contributed by atoms with van der Waals surface area (Å²) in [6.07, 6.45) is -7.80. The van der Waals surface area contributed by atoms with E-state index in [1.54, 1.807) is 0 Å². The van der Waals surface area contributed by atoms with Crippen molar-refractivity contribution in [3.8, 4) is 0 Å². The average Bonchev–Trinajstić information content (AvgIpc) is 2.64. The Labute approximate surface area is 162 Å². The van der Waals surface area contributed by atoms with Crippen LogP contribution < -0.4 is 0 Å². The number of carbonyl (C=O) groups excluding carboxylic acids is 2. The van der Waals surface area contributed by atoms with Crippen molar-refractivity contribution in [2.75, 3.05) is 6.61 Å². The quantitative estimate of drug-likeness (QED) is 0.161. The molecule has 0 spiro atoms. The van der Waals surface area contributed by atoms with Gasteiger partial charge in [-0.3, -0.25) is 0 Å². The molecular formula is C17H22F8O4. The molecule has 0 aliphatic heterocycles. The zero-order valence-electron chi connectivity index (χ0n) is 15.5. The lowest BCUT2D eigenvalue weighted by Crippen LogP contribution is -2.56. The molecule has 0 N–H and O–H groups in total. The smallest absolute Gasteiger partial charge is 0.378 e. The van der Waals surface area contributed by atoms with Gasteiger partial charge in [-0.15, -0.1) is 0 Å². The molecule has 0 aromatic rings. The molecule has 0 saturated heterocycles. The van der Waals surface area contributed by atoms with Gasteiger partial charge in [0.15, 0.2) is 0 Å². The molecule has 0 saturated carbocycles. The Hall–Kier alpha value is -1.88. The zero-order chi connectivity index (χ0) is 22.7. The number of esters is 2. The fraction of sp³-hybridized carbons (Fsp3) is 0.765. The van der Waals surface area contributed by atoms with Crippen LogP contribution in [0.1, 0.15) is 45.4 Å². The van der Waals surface area contributed by atoms with Crippen LogP contribution in [-0.2, 0) is 19.1 Å². The number of hydrogen-bond acceptors (Lipinski definition) is 4. The van der Waals surface area contributed by atoms with Gasteiger partial charge in [0.05, 0.1) is 6.61 Å². The van der Waals surface area contributed by atoms with Crippen LogP contribution in [0, 0.1) is 0 Å². The Morgan fingerprint density at radius 3 is 1.90 bits per heavy atom. The van der Waals surface area contributed by atoms with E-state index in [2.05, 4.69) is 9.47 Å². The highest BCUT2D eigenvalue weighted by Crippen LogP contribution is 2.44. The summed E-state index contributed by atoms with van der Waals surface area (Å²) in [7, 11) is 0. The predicted molar refractivity (Wildman–Crippen MR) is 85.3 cm³/mol. The second kappa shape index (κ2) is 12.6. The van der Waals surface area contributed by atoms with E-state index in [1.807, 2.05) is 6.92 Å². The van der Waals surface area contributed by atoms with Crippen molar-refractivity contribution in [2.45, 2.75) is 76.2 Å². The van der Waals surface area contributed by atoms with Crippen molar-refractivity contribution >= 4 is 11.9 Å².